The molecular formula is C20H21N5O2S. The van der Waals surface area contributed by atoms with Gasteiger partial charge in [0.05, 0.1) is 18.4 Å². The van der Waals surface area contributed by atoms with Gasteiger partial charge < -0.3 is 15.4 Å². The number of nitrogens with zero attached hydrogens (tertiary/aromatic N) is 4. The molecule has 7 nitrogen and oxygen atoms in total. The molecule has 28 heavy (non-hydrogen) atoms. The van der Waals surface area contributed by atoms with Gasteiger partial charge in [0.2, 0.25) is 0 Å². The van der Waals surface area contributed by atoms with Crippen LogP contribution in [0.3, 0.4) is 0 Å². The van der Waals surface area contributed by atoms with Crippen LogP contribution in [0, 0.1) is 0 Å². The maximum Gasteiger partial charge on any atom is 0.316 e. The van der Waals surface area contributed by atoms with Crippen molar-refractivity contribution in [3.05, 3.63) is 64.9 Å². The average Bonchev–Trinajstić information content (AvgIpc) is 3.21. The third-order valence-electron chi connectivity index (χ3n) is 5.30. The summed E-state index contributed by atoms with van der Waals surface area (Å²) in [5, 5.41) is 2.61. The molecule has 1 saturated heterocycles. The van der Waals surface area contributed by atoms with E-state index in [1.807, 2.05) is 28.5 Å². The first-order valence-electron chi connectivity index (χ1n) is 9.05. The number of ether oxygens (including phenoxy) is 1. The summed E-state index contributed by atoms with van der Waals surface area (Å²) in [7, 11) is 1.50. The minimum Gasteiger partial charge on any atom is -0.467 e. The van der Waals surface area contributed by atoms with Gasteiger partial charge in [0, 0.05) is 36.3 Å². The minimum atomic E-state index is -0.234. The first kappa shape index (κ1) is 18.4. The molecule has 1 aromatic carbocycles. The minimum absolute atomic E-state index is 0.0675. The fraction of sp³-hybridized carbons (Fsp3) is 0.300. The number of hydrogen-bond acceptors (Lipinski definition) is 7. The summed E-state index contributed by atoms with van der Waals surface area (Å²) < 4.78 is 4.96. The number of methoxy groups -OCH3 is 1. The van der Waals surface area contributed by atoms with Crippen molar-refractivity contribution in [2.24, 2.45) is 0 Å². The van der Waals surface area contributed by atoms with Gasteiger partial charge in [-0.15, -0.1) is 11.3 Å². The number of hydrogen-bond donors (Lipinski definition) is 1. The number of thiazole rings is 1. The van der Waals surface area contributed by atoms with Gasteiger partial charge in [0.1, 0.15) is 0 Å². The Morgan fingerprint density at radius 1 is 1.18 bits per heavy atom. The Hall–Kier alpha value is -3.00. The predicted octanol–water partition coefficient (Wildman–Crippen LogP) is 2.75. The highest BCUT2D eigenvalue weighted by Crippen LogP contribution is 2.42. The zero-order valence-electron chi connectivity index (χ0n) is 15.5. The van der Waals surface area contributed by atoms with E-state index in [2.05, 4.69) is 27.1 Å². The van der Waals surface area contributed by atoms with Crippen LogP contribution in [0.25, 0.3) is 0 Å². The van der Waals surface area contributed by atoms with Crippen LogP contribution in [0.15, 0.2) is 48.1 Å². The van der Waals surface area contributed by atoms with E-state index in [1.54, 1.807) is 0 Å². The fourth-order valence-electron chi connectivity index (χ4n) is 3.76. The van der Waals surface area contributed by atoms with E-state index in [0.29, 0.717) is 23.8 Å². The van der Waals surface area contributed by atoms with E-state index in [0.717, 1.165) is 18.5 Å². The van der Waals surface area contributed by atoms with Crippen LogP contribution in [-0.4, -0.2) is 46.0 Å². The SMILES string of the molecule is COc1ncc(C(=O)N2CCC(c3ccccc3)(c3csc(N)n3)CC2)cn1. The van der Waals surface area contributed by atoms with E-state index in [9.17, 15) is 4.79 Å². The van der Waals surface area contributed by atoms with Crippen molar-refractivity contribution in [2.45, 2.75) is 18.3 Å². The summed E-state index contributed by atoms with van der Waals surface area (Å²) in [4.78, 5) is 27.4. The molecule has 8 heteroatoms. The lowest BCUT2D eigenvalue weighted by atomic mass is 9.70. The summed E-state index contributed by atoms with van der Waals surface area (Å²) >= 11 is 1.46. The molecule has 0 spiro atoms. The second kappa shape index (κ2) is 7.55. The first-order chi connectivity index (χ1) is 13.6. The standard InChI is InChI=1S/C20H21N5O2S/c1-27-19-22-11-14(12-23-19)17(26)25-9-7-20(8-10-25,15-5-3-2-4-6-15)16-13-28-18(21)24-16/h2-6,11-13H,7-10H2,1H3,(H2,21,24). The van der Waals surface area contributed by atoms with E-state index < -0.39 is 0 Å². The Bertz CT molecular complexity index is 950. The smallest absolute Gasteiger partial charge is 0.316 e. The Balaban J connectivity index is 1.57. The van der Waals surface area contributed by atoms with Gasteiger partial charge >= 0.3 is 6.01 Å². The summed E-state index contributed by atoms with van der Waals surface area (Å²) in [5.41, 5.74) is 8.34. The highest BCUT2D eigenvalue weighted by Gasteiger charge is 2.40. The number of likely N-dealkylation sites (tertiary alicyclic amines) is 1. The number of anilines is 1. The second-order valence-electron chi connectivity index (χ2n) is 6.77. The van der Waals surface area contributed by atoms with Crippen molar-refractivity contribution < 1.29 is 9.53 Å². The Kier molecular flexibility index (Phi) is 4.95. The van der Waals surface area contributed by atoms with Crippen LogP contribution in [0.1, 0.15) is 34.5 Å². The number of benzene rings is 1. The summed E-state index contributed by atoms with van der Waals surface area (Å²) in [6, 6.07) is 10.6. The molecule has 3 aromatic rings. The van der Waals surface area contributed by atoms with Gasteiger partial charge in [0.25, 0.3) is 5.91 Å². The molecule has 1 amide bonds. The lowest BCUT2D eigenvalue weighted by Gasteiger charge is -2.41. The molecule has 144 valence electrons. The molecule has 1 aliphatic heterocycles. The maximum absolute atomic E-state index is 12.9. The van der Waals surface area contributed by atoms with Crippen LogP contribution >= 0.6 is 11.3 Å². The van der Waals surface area contributed by atoms with Crippen molar-refractivity contribution in [3.8, 4) is 6.01 Å². The van der Waals surface area contributed by atoms with Gasteiger partial charge in [-0.05, 0) is 18.4 Å². The molecule has 0 atom stereocenters. The van der Waals surface area contributed by atoms with Crippen LogP contribution in [0.2, 0.25) is 0 Å². The Morgan fingerprint density at radius 3 is 2.43 bits per heavy atom. The predicted molar refractivity (Wildman–Crippen MR) is 107 cm³/mol. The molecule has 2 aromatic heterocycles. The number of rotatable bonds is 4. The number of amides is 1. The molecule has 1 aliphatic rings. The molecule has 2 N–H and O–H groups in total. The zero-order chi connectivity index (χ0) is 19.6. The molecule has 0 radical (unpaired) electrons. The molecule has 0 saturated carbocycles. The van der Waals surface area contributed by atoms with Gasteiger partial charge in [-0.1, -0.05) is 30.3 Å². The number of carbonyl (C=O) groups is 1. The second-order valence-corrected chi connectivity index (χ2v) is 7.66. The number of nitrogens with two attached hydrogens (primary N) is 1. The highest BCUT2D eigenvalue weighted by atomic mass is 32.1. The van der Waals surface area contributed by atoms with Crippen molar-refractivity contribution in [2.75, 3.05) is 25.9 Å². The van der Waals surface area contributed by atoms with Gasteiger partial charge in [-0.3, -0.25) is 4.79 Å². The number of piperidine rings is 1. The first-order valence-corrected chi connectivity index (χ1v) is 9.93. The van der Waals surface area contributed by atoms with E-state index in [-0.39, 0.29) is 17.3 Å². The maximum atomic E-state index is 12.9. The average molecular weight is 395 g/mol. The Labute approximate surface area is 167 Å². The molecule has 0 bridgehead atoms. The van der Waals surface area contributed by atoms with E-state index in [1.165, 1.54) is 36.4 Å². The van der Waals surface area contributed by atoms with Gasteiger partial charge in [0.15, 0.2) is 5.13 Å². The molecule has 1 fully saturated rings. The van der Waals surface area contributed by atoms with Crippen molar-refractivity contribution in [3.63, 3.8) is 0 Å². The molecule has 0 aliphatic carbocycles. The van der Waals surface area contributed by atoms with Crippen molar-refractivity contribution in [1.82, 2.24) is 19.9 Å². The zero-order valence-corrected chi connectivity index (χ0v) is 16.4. The largest absolute Gasteiger partial charge is 0.467 e. The fourth-order valence-corrected chi connectivity index (χ4v) is 4.43. The molecular weight excluding hydrogens is 374 g/mol. The van der Waals surface area contributed by atoms with Crippen LogP contribution < -0.4 is 10.5 Å². The Morgan fingerprint density at radius 2 is 1.86 bits per heavy atom. The summed E-state index contributed by atoms with van der Waals surface area (Å²) in [6.45, 7) is 1.24. The van der Waals surface area contributed by atoms with Gasteiger partial charge in [-0.25, -0.2) is 15.0 Å². The van der Waals surface area contributed by atoms with E-state index in [4.69, 9.17) is 10.5 Å². The van der Waals surface area contributed by atoms with Crippen LogP contribution in [-0.2, 0) is 5.41 Å². The topological polar surface area (TPSA) is 94.2 Å². The number of aromatic nitrogens is 3. The van der Waals surface area contributed by atoms with E-state index >= 15 is 0 Å². The summed E-state index contributed by atoms with van der Waals surface area (Å²) in [5.74, 6) is -0.0675. The van der Waals surface area contributed by atoms with Crippen LogP contribution in [0.4, 0.5) is 5.13 Å². The monoisotopic (exact) mass is 395 g/mol. The van der Waals surface area contributed by atoms with Gasteiger partial charge in [-0.2, -0.15) is 0 Å². The quantitative estimate of drug-likeness (QED) is 0.730. The lowest BCUT2D eigenvalue weighted by Crippen LogP contribution is -2.46. The number of nitrogen functional groups attached to an aromatic ring is 1. The third-order valence-corrected chi connectivity index (χ3v) is 5.97. The van der Waals surface area contributed by atoms with Crippen LogP contribution in [0.5, 0.6) is 6.01 Å². The van der Waals surface area contributed by atoms with Crippen molar-refractivity contribution in [1.29, 1.82) is 0 Å². The number of carbonyl (C=O) groups excluding carboxylic acids is 1. The summed E-state index contributed by atoms with van der Waals surface area (Å²) in [6.07, 6.45) is 4.58. The highest BCUT2D eigenvalue weighted by molar-refractivity contribution is 7.13. The van der Waals surface area contributed by atoms with Crippen molar-refractivity contribution >= 4 is 22.4 Å². The molecule has 3 heterocycles. The molecule has 4 rings (SSSR count). The normalized spacial score (nSPS) is 16.0. The third kappa shape index (κ3) is 3.31. The lowest BCUT2D eigenvalue weighted by molar-refractivity contribution is 0.0683. The molecule has 0 unspecified atom stereocenters.